The van der Waals surface area contributed by atoms with E-state index in [-0.39, 0.29) is 11.7 Å². The molecule has 4 aromatic rings. The Bertz CT molecular complexity index is 1280. The first-order valence-electron chi connectivity index (χ1n) is 10.4. The lowest BCUT2D eigenvalue weighted by Crippen LogP contribution is -2.12. The lowest BCUT2D eigenvalue weighted by atomic mass is 9.85. The normalized spacial score (nSPS) is 15.4. The van der Waals surface area contributed by atoms with Crippen molar-refractivity contribution in [3.05, 3.63) is 82.4 Å². The second kappa shape index (κ2) is 8.35. The standard InChI is InChI=1S/C24H22F2N4OS/c1-14-12-30(13-27-14)20-9-7-16(11-21(20)31-2)28-24-29-23-17(4-3-5-22(23)32-24)18-10-15(25)6-8-19(18)26/h6-13,17H,3-5H2,1-2H3,(H,28,29). The predicted octanol–water partition coefficient (Wildman–Crippen LogP) is 6.14. The molecule has 1 aliphatic carbocycles. The van der Waals surface area contributed by atoms with Crippen LogP contribution in [-0.2, 0) is 6.42 Å². The van der Waals surface area contributed by atoms with E-state index in [1.165, 1.54) is 12.1 Å². The molecule has 5 nitrogen and oxygen atoms in total. The molecule has 1 unspecified atom stereocenters. The molecular weight excluding hydrogens is 430 g/mol. The molecule has 1 N–H and O–H groups in total. The van der Waals surface area contributed by atoms with Crippen LogP contribution in [0.4, 0.5) is 19.6 Å². The number of fused-ring (bicyclic) bond motifs is 1. The number of aryl methyl sites for hydroxylation is 2. The zero-order chi connectivity index (χ0) is 22.2. The van der Waals surface area contributed by atoms with Crippen LogP contribution in [0.3, 0.4) is 0 Å². The number of thiazole rings is 1. The Balaban J connectivity index is 1.44. The summed E-state index contributed by atoms with van der Waals surface area (Å²) in [5.74, 6) is -0.347. The second-order valence-electron chi connectivity index (χ2n) is 7.87. The van der Waals surface area contributed by atoms with Gasteiger partial charge in [-0.25, -0.2) is 18.7 Å². The largest absolute Gasteiger partial charge is 0.494 e. The molecule has 0 saturated heterocycles. The fourth-order valence-electron chi connectivity index (χ4n) is 4.20. The van der Waals surface area contributed by atoms with E-state index < -0.39 is 5.82 Å². The van der Waals surface area contributed by atoms with Crippen LogP contribution in [-0.4, -0.2) is 21.6 Å². The molecule has 5 rings (SSSR count). The summed E-state index contributed by atoms with van der Waals surface area (Å²) in [6.07, 6.45) is 6.25. The summed E-state index contributed by atoms with van der Waals surface area (Å²) in [5, 5.41) is 4.08. The number of anilines is 2. The Morgan fingerprint density at radius 1 is 1.19 bits per heavy atom. The molecular formula is C24H22F2N4OS. The Kier molecular flexibility index (Phi) is 5.38. The summed E-state index contributed by atoms with van der Waals surface area (Å²) in [7, 11) is 1.63. The molecule has 32 heavy (non-hydrogen) atoms. The first-order valence-corrected chi connectivity index (χ1v) is 11.2. The molecule has 0 radical (unpaired) electrons. The van der Waals surface area contributed by atoms with Crippen molar-refractivity contribution in [1.29, 1.82) is 0 Å². The molecule has 2 aromatic carbocycles. The molecule has 0 spiro atoms. The molecule has 0 bridgehead atoms. The lowest BCUT2D eigenvalue weighted by Gasteiger charge is -2.21. The molecule has 1 atom stereocenters. The molecule has 2 heterocycles. The number of methoxy groups -OCH3 is 1. The van der Waals surface area contributed by atoms with Crippen LogP contribution in [0.1, 0.15) is 40.6 Å². The Hall–Kier alpha value is -3.26. The van der Waals surface area contributed by atoms with Crippen molar-refractivity contribution in [2.24, 2.45) is 0 Å². The number of nitrogens with zero attached hydrogens (tertiary/aromatic N) is 3. The molecule has 0 amide bonds. The van der Waals surface area contributed by atoms with Crippen molar-refractivity contribution in [1.82, 2.24) is 14.5 Å². The monoisotopic (exact) mass is 452 g/mol. The van der Waals surface area contributed by atoms with E-state index in [1.807, 2.05) is 35.9 Å². The van der Waals surface area contributed by atoms with Crippen LogP contribution in [0, 0.1) is 18.6 Å². The van der Waals surface area contributed by atoms with E-state index in [2.05, 4.69) is 10.3 Å². The Morgan fingerprint density at radius 3 is 2.84 bits per heavy atom. The number of ether oxygens (including phenoxy) is 1. The zero-order valence-corrected chi connectivity index (χ0v) is 18.5. The molecule has 0 fully saturated rings. The number of halogens is 2. The minimum Gasteiger partial charge on any atom is -0.494 e. The molecule has 1 aliphatic rings. The van der Waals surface area contributed by atoms with Gasteiger partial charge in [-0.15, -0.1) is 11.3 Å². The van der Waals surface area contributed by atoms with Crippen molar-refractivity contribution in [3.63, 3.8) is 0 Å². The Morgan fingerprint density at radius 2 is 2.06 bits per heavy atom. The number of benzene rings is 2. The molecule has 8 heteroatoms. The van der Waals surface area contributed by atoms with Crippen molar-refractivity contribution in [2.75, 3.05) is 12.4 Å². The number of nitrogens with one attached hydrogen (secondary N) is 1. The van der Waals surface area contributed by atoms with Gasteiger partial charge in [0.15, 0.2) is 5.13 Å². The first kappa shape index (κ1) is 20.6. The van der Waals surface area contributed by atoms with Gasteiger partial charge in [0.05, 0.1) is 30.5 Å². The lowest BCUT2D eigenvalue weighted by molar-refractivity contribution is 0.413. The molecule has 164 valence electrons. The van der Waals surface area contributed by atoms with E-state index >= 15 is 0 Å². The highest BCUT2D eigenvalue weighted by Crippen LogP contribution is 2.42. The minimum atomic E-state index is -0.428. The van der Waals surface area contributed by atoms with Crippen LogP contribution < -0.4 is 10.1 Å². The topological polar surface area (TPSA) is 52.0 Å². The van der Waals surface area contributed by atoms with Crippen LogP contribution >= 0.6 is 11.3 Å². The van der Waals surface area contributed by atoms with Gasteiger partial charge in [0, 0.05) is 28.7 Å². The van der Waals surface area contributed by atoms with Gasteiger partial charge in [-0.05, 0) is 62.1 Å². The predicted molar refractivity (Wildman–Crippen MR) is 121 cm³/mol. The van der Waals surface area contributed by atoms with Crippen LogP contribution in [0.5, 0.6) is 5.75 Å². The second-order valence-corrected chi connectivity index (χ2v) is 8.96. The fraction of sp³-hybridized carbons (Fsp3) is 0.250. The highest BCUT2D eigenvalue weighted by atomic mass is 32.1. The summed E-state index contributed by atoms with van der Waals surface area (Å²) >= 11 is 1.56. The quantitative estimate of drug-likeness (QED) is 0.395. The van der Waals surface area contributed by atoms with Crippen molar-refractivity contribution in [3.8, 4) is 11.4 Å². The minimum absolute atomic E-state index is 0.234. The molecule has 2 aromatic heterocycles. The average molecular weight is 453 g/mol. The number of rotatable bonds is 5. The summed E-state index contributed by atoms with van der Waals surface area (Å²) in [6.45, 7) is 1.94. The van der Waals surface area contributed by atoms with Gasteiger partial charge in [-0.2, -0.15) is 0 Å². The maximum absolute atomic E-state index is 14.4. The third-order valence-corrected chi connectivity index (χ3v) is 6.75. The van der Waals surface area contributed by atoms with Gasteiger partial charge in [-0.3, -0.25) is 0 Å². The van der Waals surface area contributed by atoms with Crippen LogP contribution in [0.25, 0.3) is 5.69 Å². The van der Waals surface area contributed by atoms with Gasteiger partial charge in [0.1, 0.15) is 17.4 Å². The summed E-state index contributed by atoms with van der Waals surface area (Å²) in [6, 6.07) is 9.47. The van der Waals surface area contributed by atoms with E-state index in [1.54, 1.807) is 24.8 Å². The van der Waals surface area contributed by atoms with Crippen molar-refractivity contribution < 1.29 is 13.5 Å². The van der Waals surface area contributed by atoms with Crippen LogP contribution in [0.15, 0.2) is 48.9 Å². The smallest absolute Gasteiger partial charge is 0.187 e. The SMILES string of the molecule is COc1cc(Nc2nc3c(s2)CCCC3c2cc(F)ccc2F)ccc1-n1cnc(C)c1. The fourth-order valence-corrected chi connectivity index (χ4v) is 5.29. The van der Waals surface area contributed by atoms with Crippen molar-refractivity contribution >= 4 is 22.2 Å². The average Bonchev–Trinajstić information content (AvgIpc) is 3.40. The number of aromatic nitrogens is 3. The van der Waals surface area contributed by atoms with E-state index in [9.17, 15) is 8.78 Å². The molecule has 0 saturated carbocycles. The van der Waals surface area contributed by atoms with Gasteiger partial charge in [0.2, 0.25) is 0 Å². The van der Waals surface area contributed by atoms with Gasteiger partial charge >= 0.3 is 0 Å². The summed E-state index contributed by atoms with van der Waals surface area (Å²) in [5.41, 5.74) is 3.86. The molecule has 0 aliphatic heterocycles. The Labute approximate surface area is 188 Å². The number of imidazole rings is 1. The zero-order valence-electron chi connectivity index (χ0n) is 17.7. The van der Waals surface area contributed by atoms with E-state index in [4.69, 9.17) is 9.72 Å². The van der Waals surface area contributed by atoms with Crippen LogP contribution in [0.2, 0.25) is 0 Å². The highest BCUT2D eigenvalue weighted by Gasteiger charge is 2.28. The first-order chi connectivity index (χ1) is 15.5. The summed E-state index contributed by atoms with van der Waals surface area (Å²) < 4.78 is 35.7. The maximum Gasteiger partial charge on any atom is 0.187 e. The van der Waals surface area contributed by atoms with Gasteiger partial charge in [0.25, 0.3) is 0 Å². The number of hydrogen-bond acceptors (Lipinski definition) is 5. The van der Waals surface area contributed by atoms with Gasteiger partial charge < -0.3 is 14.6 Å². The summed E-state index contributed by atoms with van der Waals surface area (Å²) in [4.78, 5) is 10.2. The third-order valence-electron chi connectivity index (χ3n) is 5.71. The number of hydrogen-bond donors (Lipinski definition) is 1. The highest BCUT2D eigenvalue weighted by molar-refractivity contribution is 7.15. The van der Waals surface area contributed by atoms with E-state index in [0.29, 0.717) is 11.3 Å². The maximum atomic E-state index is 14.4. The third kappa shape index (κ3) is 3.86. The van der Waals surface area contributed by atoms with E-state index in [0.717, 1.165) is 58.1 Å². The van der Waals surface area contributed by atoms with Gasteiger partial charge in [-0.1, -0.05) is 0 Å². The van der Waals surface area contributed by atoms with Crippen molar-refractivity contribution in [2.45, 2.75) is 32.1 Å².